The van der Waals surface area contributed by atoms with Crippen molar-refractivity contribution in [3.8, 4) is 0 Å². The Morgan fingerprint density at radius 1 is 1.56 bits per heavy atom. The van der Waals surface area contributed by atoms with E-state index in [0.29, 0.717) is 5.89 Å². The third-order valence-electron chi connectivity index (χ3n) is 2.09. The van der Waals surface area contributed by atoms with Crippen molar-refractivity contribution in [2.24, 2.45) is 0 Å². The van der Waals surface area contributed by atoms with Gasteiger partial charge < -0.3 is 9.84 Å². The maximum absolute atomic E-state index is 4.88. The molecule has 0 atom stereocenters. The maximum Gasteiger partial charge on any atom is 0.227 e. The van der Waals surface area contributed by atoms with Crippen LogP contribution in [0.2, 0.25) is 0 Å². The lowest BCUT2D eigenvalue weighted by Crippen LogP contribution is -2.16. The summed E-state index contributed by atoms with van der Waals surface area (Å²) < 4.78 is 6.55. The van der Waals surface area contributed by atoms with Crippen LogP contribution in [0.15, 0.2) is 29.8 Å². The summed E-state index contributed by atoms with van der Waals surface area (Å²) in [6, 6.07) is 0. The monoisotopic (exact) mass is 219 g/mol. The van der Waals surface area contributed by atoms with Crippen molar-refractivity contribution in [1.82, 2.24) is 25.2 Å². The second-order valence-electron chi connectivity index (χ2n) is 3.27. The van der Waals surface area contributed by atoms with Crippen molar-refractivity contribution in [2.75, 3.05) is 6.54 Å². The number of nitrogens with zero attached hydrogens (tertiary/aromatic N) is 4. The molecule has 6 nitrogen and oxygen atoms in total. The van der Waals surface area contributed by atoms with Gasteiger partial charge in [0.25, 0.3) is 0 Å². The Morgan fingerprint density at radius 3 is 3.19 bits per heavy atom. The molecular formula is C10H13N5O. The van der Waals surface area contributed by atoms with E-state index in [2.05, 4.69) is 27.1 Å². The third kappa shape index (κ3) is 2.77. The molecule has 16 heavy (non-hydrogen) atoms. The zero-order chi connectivity index (χ0) is 11.2. The Morgan fingerprint density at radius 2 is 2.50 bits per heavy atom. The highest BCUT2D eigenvalue weighted by Crippen LogP contribution is 1.97. The minimum Gasteiger partial charge on any atom is -0.340 e. The van der Waals surface area contributed by atoms with Crippen molar-refractivity contribution < 1.29 is 4.52 Å². The Kier molecular flexibility index (Phi) is 3.45. The maximum atomic E-state index is 4.88. The summed E-state index contributed by atoms with van der Waals surface area (Å²) in [6.07, 6.45) is 7.52. The number of rotatable bonds is 6. The van der Waals surface area contributed by atoms with E-state index in [-0.39, 0.29) is 0 Å². The SMILES string of the molecule is C=Cn1cc(CNCCc2ncno2)cn1. The number of hydrogen-bond acceptors (Lipinski definition) is 5. The average molecular weight is 219 g/mol. The van der Waals surface area contributed by atoms with Gasteiger partial charge in [-0.3, -0.25) is 0 Å². The molecule has 0 fully saturated rings. The molecule has 2 aromatic heterocycles. The molecule has 84 valence electrons. The molecule has 0 aliphatic carbocycles. The quantitative estimate of drug-likeness (QED) is 0.724. The number of aromatic nitrogens is 4. The van der Waals surface area contributed by atoms with E-state index in [0.717, 1.165) is 25.1 Å². The predicted octanol–water partition coefficient (Wildman–Crippen LogP) is 0.699. The first kappa shape index (κ1) is 10.6. The Balaban J connectivity index is 1.70. The van der Waals surface area contributed by atoms with Gasteiger partial charge in [0, 0.05) is 37.5 Å². The van der Waals surface area contributed by atoms with Gasteiger partial charge in [-0.1, -0.05) is 11.7 Å². The summed E-state index contributed by atoms with van der Waals surface area (Å²) in [4.78, 5) is 3.93. The van der Waals surface area contributed by atoms with Gasteiger partial charge in [0.2, 0.25) is 5.89 Å². The van der Waals surface area contributed by atoms with Gasteiger partial charge in [-0.15, -0.1) is 0 Å². The molecule has 6 heteroatoms. The van der Waals surface area contributed by atoms with E-state index in [4.69, 9.17) is 4.52 Å². The highest BCUT2D eigenvalue weighted by molar-refractivity contribution is 5.17. The smallest absolute Gasteiger partial charge is 0.227 e. The molecule has 2 rings (SSSR count). The van der Waals surface area contributed by atoms with Crippen LogP contribution in [0.4, 0.5) is 0 Å². The van der Waals surface area contributed by atoms with E-state index >= 15 is 0 Å². The average Bonchev–Trinajstić information content (AvgIpc) is 2.95. The third-order valence-corrected chi connectivity index (χ3v) is 2.09. The van der Waals surface area contributed by atoms with E-state index in [1.165, 1.54) is 6.33 Å². The fraction of sp³-hybridized carbons (Fsp3) is 0.300. The van der Waals surface area contributed by atoms with Crippen molar-refractivity contribution in [2.45, 2.75) is 13.0 Å². The largest absolute Gasteiger partial charge is 0.340 e. The molecule has 0 amide bonds. The standard InChI is InChI=1S/C10H13N5O/c1-2-15-7-9(6-13-15)5-11-4-3-10-12-8-14-16-10/h2,6-8,11H,1,3-5H2. The van der Waals surface area contributed by atoms with Gasteiger partial charge >= 0.3 is 0 Å². The molecule has 0 aliphatic heterocycles. The molecule has 2 heterocycles. The van der Waals surface area contributed by atoms with Crippen molar-refractivity contribution >= 4 is 6.20 Å². The van der Waals surface area contributed by atoms with Crippen molar-refractivity contribution in [3.63, 3.8) is 0 Å². The lowest BCUT2D eigenvalue weighted by molar-refractivity contribution is 0.375. The summed E-state index contributed by atoms with van der Waals surface area (Å²) in [5.74, 6) is 0.647. The van der Waals surface area contributed by atoms with E-state index < -0.39 is 0 Å². The van der Waals surface area contributed by atoms with Crippen molar-refractivity contribution in [1.29, 1.82) is 0 Å². The van der Waals surface area contributed by atoms with Crippen LogP contribution in [-0.4, -0.2) is 26.5 Å². The molecule has 0 radical (unpaired) electrons. The molecule has 0 saturated heterocycles. The molecule has 0 aliphatic rings. The highest BCUT2D eigenvalue weighted by atomic mass is 16.5. The molecule has 0 saturated carbocycles. The molecule has 0 bridgehead atoms. The first-order valence-corrected chi connectivity index (χ1v) is 5.00. The van der Waals surface area contributed by atoms with Crippen LogP contribution in [0.25, 0.3) is 6.20 Å². The Bertz CT molecular complexity index is 434. The fourth-order valence-corrected chi connectivity index (χ4v) is 1.30. The van der Waals surface area contributed by atoms with Crippen LogP contribution in [0.1, 0.15) is 11.5 Å². The van der Waals surface area contributed by atoms with E-state index in [1.54, 1.807) is 17.1 Å². The molecule has 0 spiro atoms. The fourth-order valence-electron chi connectivity index (χ4n) is 1.30. The van der Waals surface area contributed by atoms with Crippen LogP contribution < -0.4 is 5.32 Å². The normalized spacial score (nSPS) is 10.5. The Hall–Kier alpha value is -1.95. The minimum absolute atomic E-state index is 0.647. The van der Waals surface area contributed by atoms with Crippen LogP contribution in [0, 0.1) is 0 Å². The van der Waals surface area contributed by atoms with Crippen LogP contribution in [0.5, 0.6) is 0 Å². The van der Waals surface area contributed by atoms with Crippen molar-refractivity contribution in [3.05, 3.63) is 36.8 Å². The van der Waals surface area contributed by atoms with Gasteiger partial charge in [0.1, 0.15) is 0 Å². The number of nitrogens with one attached hydrogen (secondary N) is 1. The van der Waals surface area contributed by atoms with E-state index in [9.17, 15) is 0 Å². The predicted molar refractivity (Wildman–Crippen MR) is 58.3 cm³/mol. The molecular weight excluding hydrogens is 206 g/mol. The number of hydrogen-bond donors (Lipinski definition) is 1. The summed E-state index contributed by atoms with van der Waals surface area (Å²) in [6.45, 7) is 5.19. The van der Waals surface area contributed by atoms with Crippen LogP contribution in [-0.2, 0) is 13.0 Å². The zero-order valence-electron chi connectivity index (χ0n) is 8.83. The first-order valence-electron chi connectivity index (χ1n) is 5.00. The minimum atomic E-state index is 0.647. The summed E-state index contributed by atoms with van der Waals surface area (Å²) in [7, 11) is 0. The molecule has 1 N–H and O–H groups in total. The second kappa shape index (κ2) is 5.22. The van der Waals surface area contributed by atoms with Gasteiger partial charge in [-0.2, -0.15) is 10.1 Å². The Labute approximate surface area is 93.0 Å². The van der Waals surface area contributed by atoms with E-state index in [1.807, 2.05) is 6.20 Å². The summed E-state index contributed by atoms with van der Waals surface area (Å²) >= 11 is 0. The molecule has 0 aromatic carbocycles. The second-order valence-corrected chi connectivity index (χ2v) is 3.27. The van der Waals surface area contributed by atoms with Gasteiger partial charge in [0.05, 0.1) is 6.20 Å². The first-order chi connectivity index (χ1) is 7.88. The van der Waals surface area contributed by atoms with Crippen LogP contribution >= 0.6 is 0 Å². The molecule has 0 unspecified atom stereocenters. The van der Waals surface area contributed by atoms with Crippen LogP contribution in [0.3, 0.4) is 0 Å². The lowest BCUT2D eigenvalue weighted by Gasteiger charge is -1.99. The topological polar surface area (TPSA) is 68.8 Å². The molecule has 2 aromatic rings. The van der Waals surface area contributed by atoms with Gasteiger partial charge in [-0.05, 0) is 0 Å². The summed E-state index contributed by atoms with van der Waals surface area (Å²) in [5.41, 5.74) is 1.12. The zero-order valence-corrected chi connectivity index (χ0v) is 8.83. The summed E-state index contributed by atoms with van der Waals surface area (Å²) in [5, 5.41) is 10.9. The highest BCUT2D eigenvalue weighted by Gasteiger charge is 1.99. The lowest BCUT2D eigenvalue weighted by atomic mass is 10.3. The van der Waals surface area contributed by atoms with Gasteiger partial charge in [-0.25, -0.2) is 4.68 Å². The van der Waals surface area contributed by atoms with Gasteiger partial charge in [0.15, 0.2) is 6.33 Å².